The Morgan fingerprint density at radius 3 is 2.52 bits per heavy atom. The molecule has 0 N–H and O–H groups in total. The van der Waals surface area contributed by atoms with Crippen molar-refractivity contribution in [1.82, 2.24) is 0 Å². The summed E-state index contributed by atoms with van der Waals surface area (Å²) in [5, 5.41) is 4.59. The van der Waals surface area contributed by atoms with Gasteiger partial charge in [0, 0.05) is 35.7 Å². The first-order valence-electron chi connectivity index (χ1n) is 7.89. The van der Waals surface area contributed by atoms with Crippen molar-refractivity contribution in [2.45, 2.75) is 36.0 Å². The lowest BCUT2D eigenvalue weighted by Gasteiger charge is -2.10. The standard InChI is InChI=1S/C17H21NO4S/c1-12(19)17(18-22-14-6-8-20-10-14)13-2-4-15(5-3-13)23-16-7-9-21-11-16/h2-5,14,16H,6-11H2,1H3/b18-17-/t14-,16-/m1/s1. The minimum atomic E-state index is -0.103. The summed E-state index contributed by atoms with van der Waals surface area (Å²) < 4.78 is 10.6. The number of ether oxygens (including phenoxy) is 2. The Morgan fingerprint density at radius 1 is 1.17 bits per heavy atom. The largest absolute Gasteiger partial charge is 0.389 e. The molecule has 0 radical (unpaired) electrons. The Kier molecular flexibility index (Phi) is 5.70. The minimum absolute atomic E-state index is 0.0541. The smallest absolute Gasteiger partial charge is 0.182 e. The molecule has 2 saturated heterocycles. The van der Waals surface area contributed by atoms with Gasteiger partial charge in [0.2, 0.25) is 0 Å². The molecule has 23 heavy (non-hydrogen) atoms. The van der Waals surface area contributed by atoms with E-state index in [-0.39, 0.29) is 11.9 Å². The quantitative estimate of drug-likeness (QED) is 0.591. The highest BCUT2D eigenvalue weighted by Gasteiger charge is 2.19. The van der Waals surface area contributed by atoms with E-state index in [1.165, 1.54) is 11.8 Å². The van der Waals surface area contributed by atoms with Gasteiger partial charge in [-0.15, -0.1) is 11.8 Å². The molecule has 2 heterocycles. The third kappa shape index (κ3) is 4.56. The van der Waals surface area contributed by atoms with Gasteiger partial charge in [0.1, 0.15) is 0 Å². The summed E-state index contributed by atoms with van der Waals surface area (Å²) in [6, 6.07) is 7.89. The molecule has 1 aromatic rings. The maximum absolute atomic E-state index is 11.8. The molecule has 2 aliphatic rings. The summed E-state index contributed by atoms with van der Waals surface area (Å²) in [5.74, 6) is -0.103. The van der Waals surface area contributed by atoms with E-state index in [0.717, 1.165) is 31.6 Å². The van der Waals surface area contributed by atoms with Crippen LogP contribution in [0.25, 0.3) is 0 Å². The predicted octanol–water partition coefficient (Wildman–Crippen LogP) is 2.67. The number of hydrogen-bond donors (Lipinski definition) is 0. The third-order valence-corrected chi connectivity index (χ3v) is 5.08. The van der Waals surface area contributed by atoms with E-state index in [1.807, 2.05) is 36.0 Å². The summed E-state index contributed by atoms with van der Waals surface area (Å²) in [6.07, 6.45) is 1.85. The molecule has 2 aliphatic heterocycles. The van der Waals surface area contributed by atoms with Gasteiger partial charge >= 0.3 is 0 Å². The fourth-order valence-electron chi connectivity index (χ4n) is 2.53. The Balaban J connectivity index is 1.66. The number of benzene rings is 1. The Hall–Kier alpha value is -1.37. The second-order valence-corrected chi connectivity index (χ2v) is 7.09. The van der Waals surface area contributed by atoms with Crippen LogP contribution in [0.1, 0.15) is 25.3 Å². The summed E-state index contributed by atoms with van der Waals surface area (Å²) >= 11 is 1.82. The van der Waals surface area contributed by atoms with Crippen molar-refractivity contribution in [2.75, 3.05) is 26.4 Å². The molecule has 0 bridgehead atoms. The Labute approximate surface area is 140 Å². The molecular weight excluding hydrogens is 314 g/mol. The SMILES string of the molecule is CC(=O)/C(=N/O[C@@H]1CCOC1)c1ccc(S[C@@H]2CCOC2)cc1. The van der Waals surface area contributed by atoms with Gasteiger partial charge in [-0.1, -0.05) is 17.3 Å². The van der Waals surface area contributed by atoms with Gasteiger partial charge in [0.15, 0.2) is 17.6 Å². The normalized spacial score (nSPS) is 24.8. The maximum Gasteiger partial charge on any atom is 0.182 e. The molecule has 124 valence electrons. The lowest BCUT2D eigenvalue weighted by Crippen LogP contribution is -2.16. The number of Topliss-reactive ketones (excluding diaryl/α,β-unsaturated/α-hetero) is 1. The topological polar surface area (TPSA) is 57.1 Å². The van der Waals surface area contributed by atoms with Crippen LogP contribution >= 0.6 is 11.8 Å². The first-order chi connectivity index (χ1) is 11.2. The molecule has 0 aliphatic carbocycles. The van der Waals surface area contributed by atoms with Gasteiger partial charge in [-0.3, -0.25) is 4.79 Å². The second-order valence-electron chi connectivity index (χ2n) is 5.71. The molecule has 0 amide bonds. The van der Waals surface area contributed by atoms with Crippen molar-refractivity contribution in [3.8, 4) is 0 Å². The van der Waals surface area contributed by atoms with E-state index >= 15 is 0 Å². The van der Waals surface area contributed by atoms with E-state index in [0.29, 0.717) is 24.2 Å². The average molecular weight is 335 g/mol. The summed E-state index contributed by atoms with van der Waals surface area (Å²) in [6.45, 7) is 4.38. The fourth-order valence-corrected chi connectivity index (χ4v) is 3.59. The summed E-state index contributed by atoms with van der Waals surface area (Å²) in [5.41, 5.74) is 1.14. The molecule has 0 saturated carbocycles. The predicted molar refractivity (Wildman–Crippen MR) is 89.1 cm³/mol. The molecule has 0 aromatic heterocycles. The Bertz CT molecular complexity index is 560. The molecule has 1 aromatic carbocycles. The average Bonchev–Trinajstić information content (AvgIpc) is 3.22. The van der Waals surface area contributed by atoms with Crippen LogP contribution in [0.5, 0.6) is 0 Å². The van der Waals surface area contributed by atoms with E-state index < -0.39 is 0 Å². The first-order valence-corrected chi connectivity index (χ1v) is 8.77. The number of carbonyl (C=O) groups is 1. The Morgan fingerprint density at radius 2 is 1.91 bits per heavy atom. The summed E-state index contributed by atoms with van der Waals surface area (Å²) in [4.78, 5) is 18.5. The first kappa shape index (κ1) is 16.5. The van der Waals surface area contributed by atoms with Gasteiger partial charge in [-0.25, -0.2) is 0 Å². The van der Waals surface area contributed by atoms with Crippen LogP contribution in [0.4, 0.5) is 0 Å². The van der Waals surface area contributed by atoms with Gasteiger partial charge in [-0.05, 0) is 18.6 Å². The number of nitrogens with zero attached hydrogens (tertiary/aromatic N) is 1. The highest BCUT2D eigenvalue weighted by atomic mass is 32.2. The van der Waals surface area contributed by atoms with Crippen LogP contribution in [0.15, 0.2) is 34.3 Å². The van der Waals surface area contributed by atoms with Gasteiger partial charge in [0.05, 0.1) is 19.8 Å². The molecule has 2 atom stereocenters. The van der Waals surface area contributed by atoms with Crippen LogP contribution in [-0.2, 0) is 19.1 Å². The zero-order valence-corrected chi connectivity index (χ0v) is 14.0. The van der Waals surface area contributed by atoms with Crippen molar-refractivity contribution in [2.24, 2.45) is 5.16 Å². The highest BCUT2D eigenvalue weighted by Crippen LogP contribution is 2.28. The van der Waals surface area contributed by atoms with Crippen LogP contribution < -0.4 is 0 Å². The number of carbonyl (C=O) groups excluding carboxylic acids is 1. The molecule has 3 rings (SSSR count). The lowest BCUT2D eigenvalue weighted by atomic mass is 10.1. The highest BCUT2D eigenvalue weighted by molar-refractivity contribution is 8.00. The van der Waals surface area contributed by atoms with E-state index in [1.54, 1.807) is 0 Å². The van der Waals surface area contributed by atoms with Gasteiger partial charge < -0.3 is 14.3 Å². The zero-order valence-electron chi connectivity index (χ0n) is 13.2. The third-order valence-electron chi connectivity index (χ3n) is 3.83. The van der Waals surface area contributed by atoms with E-state index in [4.69, 9.17) is 14.3 Å². The minimum Gasteiger partial charge on any atom is -0.389 e. The van der Waals surface area contributed by atoms with Crippen LogP contribution in [-0.4, -0.2) is 49.3 Å². The monoisotopic (exact) mass is 335 g/mol. The fraction of sp³-hybridized carbons (Fsp3) is 0.529. The molecule has 0 spiro atoms. The van der Waals surface area contributed by atoms with Crippen molar-refractivity contribution < 1.29 is 19.1 Å². The van der Waals surface area contributed by atoms with E-state index in [9.17, 15) is 4.79 Å². The molecule has 6 heteroatoms. The number of hydrogen-bond acceptors (Lipinski definition) is 6. The van der Waals surface area contributed by atoms with Crippen molar-refractivity contribution in [1.29, 1.82) is 0 Å². The van der Waals surface area contributed by atoms with E-state index in [2.05, 4.69) is 5.16 Å². The number of thioether (sulfide) groups is 1. The van der Waals surface area contributed by atoms with Crippen molar-refractivity contribution in [3.63, 3.8) is 0 Å². The maximum atomic E-state index is 11.8. The van der Waals surface area contributed by atoms with Crippen LogP contribution in [0.3, 0.4) is 0 Å². The van der Waals surface area contributed by atoms with Gasteiger partial charge in [0.25, 0.3) is 0 Å². The molecule has 2 fully saturated rings. The summed E-state index contributed by atoms with van der Waals surface area (Å²) in [7, 11) is 0. The number of oxime groups is 1. The second kappa shape index (κ2) is 7.95. The van der Waals surface area contributed by atoms with Crippen molar-refractivity contribution >= 4 is 23.3 Å². The zero-order chi connectivity index (χ0) is 16.1. The molecular formula is C17H21NO4S. The van der Waals surface area contributed by atoms with Crippen LogP contribution in [0.2, 0.25) is 0 Å². The lowest BCUT2D eigenvalue weighted by molar-refractivity contribution is -0.111. The van der Waals surface area contributed by atoms with Crippen molar-refractivity contribution in [3.05, 3.63) is 29.8 Å². The molecule has 0 unspecified atom stereocenters. The number of ketones is 1. The van der Waals surface area contributed by atoms with Gasteiger partial charge in [-0.2, -0.15) is 0 Å². The number of rotatable bonds is 6. The molecule has 5 nitrogen and oxygen atoms in total. The van der Waals surface area contributed by atoms with Crippen LogP contribution in [0, 0.1) is 0 Å².